The highest BCUT2D eigenvalue weighted by atomic mass is 35.5. The van der Waals surface area contributed by atoms with E-state index in [1.807, 2.05) is 4.57 Å². The summed E-state index contributed by atoms with van der Waals surface area (Å²) in [7, 11) is 0. The number of halogens is 2. The summed E-state index contributed by atoms with van der Waals surface area (Å²) in [6.07, 6.45) is 8.79. The van der Waals surface area contributed by atoms with E-state index in [2.05, 4.69) is 22.1 Å². The van der Waals surface area contributed by atoms with Gasteiger partial charge in [-0.2, -0.15) is 0 Å². The Hall–Kier alpha value is -1.70. The standard InChI is InChI=1S/C21H26Cl2N4O2S/c1-2-11-27-19(13-29-18-12-15(22)9-10-17(18)23)25-26-21(27)30-14-20(28)24-16-7-5-3-4-6-8-16/h2,9-10,12,16H,1,3-8,11,13-14H2,(H,24,28). The van der Waals surface area contributed by atoms with Crippen LogP contribution in [0.1, 0.15) is 44.3 Å². The van der Waals surface area contributed by atoms with E-state index in [1.54, 1.807) is 24.3 Å². The molecule has 1 aliphatic rings. The minimum Gasteiger partial charge on any atom is -0.484 e. The van der Waals surface area contributed by atoms with Gasteiger partial charge in [-0.1, -0.05) is 66.7 Å². The first-order valence-corrected chi connectivity index (χ1v) is 11.8. The SMILES string of the molecule is C=CCn1c(COc2cc(Cl)ccc2Cl)nnc1SCC(=O)NC1CCCCCC1. The third-order valence-corrected chi connectivity index (χ3v) is 6.42. The molecule has 0 atom stereocenters. The van der Waals surface area contributed by atoms with E-state index >= 15 is 0 Å². The van der Waals surface area contributed by atoms with Crippen molar-refractivity contribution in [2.24, 2.45) is 0 Å². The van der Waals surface area contributed by atoms with E-state index in [0.717, 1.165) is 12.8 Å². The van der Waals surface area contributed by atoms with Crippen molar-refractivity contribution in [3.8, 4) is 5.75 Å². The van der Waals surface area contributed by atoms with Crippen molar-refractivity contribution in [2.75, 3.05) is 5.75 Å². The number of hydrogen-bond donors (Lipinski definition) is 1. The molecule has 6 nitrogen and oxygen atoms in total. The van der Waals surface area contributed by atoms with Crippen molar-refractivity contribution in [1.82, 2.24) is 20.1 Å². The average molecular weight is 469 g/mol. The molecule has 1 saturated carbocycles. The minimum atomic E-state index is 0.0311. The molecule has 3 rings (SSSR count). The molecule has 1 fully saturated rings. The fourth-order valence-corrected chi connectivity index (χ4v) is 4.51. The predicted octanol–water partition coefficient (Wildman–Crippen LogP) is 5.28. The van der Waals surface area contributed by atoms with Gasteiger partial charge >= 0.3 is 0 Å². The van der Waals surface area contributed by atoms with Crippen molar-refractivity contribution in [3.05, 3.63) is 46.7 Å². The van der Waals surface area contributed by atoms with Crippen LogP contribution in [0.5, 0.6) is 5.75 Å². The summed E-state index contributed by atoms with van der Waals surface area (Å²) in [5, 5.41) is 13.3. The van der Waals surface area contributed by atoms with Gasteiger partial charge in [-0.3, -0.25) is 9.36 Å². The average Bonchev–Trinajstić information content (AvgIpc) is 2.92. The summed E-state index contributed by atoms with van der Waals surface area (Å²) in [6, 6.07) is 5.33. The van der Waals surface area contributed by atoms with Crippen LogP contribution in [0.4, 0.5) is 0 Å². The molecule has 1 aromatic carbocycles. The Morgan fingerprint density at radius 2 is 2.03 bits per heavy atom. The zero-order valence-corrected chi connectivity index (χ0v) is 19.1. The molecule has 0 bridgehead atoms. The molecule has 0 radical (unpaired) electrons. The maximum Gasteiger partial charge on any atom is 0.230 e. The highest BCUT2D eigenvalue weighted by molar-refractivity contribution is 7.99. The maximum absolute atomic E-state index is 12.4. The minimum absolute atomic E-state index is 0.0311. The van der Waals surface area contributed by atoms with Crippen LogP contribution < -0.4 is 10.1 Å². The lowest BCUT2D eigenvalue weighted by Crippen LogP contribution is -2.35. The van der Waals surface area contributed by atoms with Crippen molar-refractivity contribution >= 4 is 40.9 Å². The van der Waals surface area contributed by atoms with Gasteiger partial charge in [0.25, 0.3) is 0 Å². The highest BCUT2D eigenvalue weighted by Gasteiger charge is 2.17. The molecule has 2 aromatic rings. The zero-order chi connectivity index (χ0) is 21.3. The number of ether oxygens (including phenoxy) is 1. The summed E-state index contributed by atoms with van der Waals surface area (Å²) in [5.41, 5.74) is 0. The Kier molecular flexibility index (Phi) is 8.90. The number of allylic oxidation sites excluding steroid dienone is 1. The second-order valence-electron chi connectivity index (χ2n) is 7.21. The van der Waals surface area contributed by atoms with Crippen molar-refractivity contribution in [1.29, 1.82) is 0 Å². The first-order chi connectivity index (χ1) is 14.6. The molecule has 0 unspecified atom stereocenters. The normalized spacial score (nSPS) is 14.9. The number of nitrogens with one attached hydrogen (secondary N) is 1. The highest BCUT2D eigenvalue weighted by Crippen LogP contribution is 2.28. The van der Waals surface area contributed by atoms with Crippen molar-refractivity contribution < 1.29 is 9.53 Å². The lowest BCUT2D eigenvalue weighted by molar-refractivity contribution is -0.119. The van der Waals surface area contributed by atoms with Gasteiger partial charge in [0.2, 0.25) is 5.91 Å². The number of thioether (sulfide) groups is 1. The molecule has 9 heteroatoms. The largest absolute Gasteiger partial charge is 0.484 e. The summed E-state index contributed by atoms with van der Waals surface area (Å²) in [6.45, 7) is 4.49. The number of aromatic nitrogens is 3. The van der Waals surface area contributed by atoms with E-state index < -0.39 is 0 Å². The summed E-state index contributed by atoms with van der Waals surface area (Å²) < 4.78 is 7.66. The van der Waals surface area contributed by atoms with Crippen LogP contribution in [0.3, 0.4) is 0 Å². The lowest BCUT2D eigenvalue weighted by Gasteiger charge is -2.16. The molecule has 1 aliphatic carbocycles. The molecule has 1 aromatic heterocycles. The number of hydrogen-bond acceptors (Lipinski definition) is 5. The molecule has 1 amide bonds. The van der Waals surface area contributed by atoms with Crippen molar-refractivity contribution in [3.63, 3.8) is 0 Å². The van der Waals surface area contributed by atoms with E-state index in [4.69, 9.17) is 27.9 Å². The first-order valence-electron chi connectivity index (χ1n) is 10.1. The number of amides is 1. The number of carbonyl (C=O) groups excluding carboxylic acids is 1. The first kappa shape index (κ1) is 23.0. The topological polar surface area (TPSA) is 69.0 Å². The second-order valence-corrected chi connectivity index (χ2v) is 8.99. The quantitative estimate of drug-likeness (QED) is 0.307. The number of benzene rings is 1. The molecule has 30 heavy (non-hydrogen) atoms. The molecular weight excluding hydrogens is 443 g/mol. The van der Waals surface area contributed by atoms with E-state index in [-0.39, 0.29) is 18.6 Å². The van der Waals surface area contributed by atoms with Gasteiger partial charge in [0, 0.05) is 23.7 Å². The second kappa shape index (κ2) is 11.6. The third kappa shape index (κ3) is 6.65. The van der Waals surface area contributed by atoms with Crippen LogP contribution in [-0.2, 0) is 17.9 Å². The lowest BCUT2D eigenvalue weighted by atomic mass is 10.1. The Bertz CT molecular complexity index is 867. The number of rotatable bonds is 9. The molecule has 0 spiro atoms. The van der Waals surface area contributed by atoms with Crippen LogP contribution in [0, 0.1) is 0 Å². The van der Waals surface area contributed by atoms with Gasteiger partial charge in [-0.25, -0.2) is 0 Å². The number of nitrogens with zero attached hydrogens (tertiary/aromatic N) is 3. The van der Waals surface area contributed by atoms with Gasteiger partial charge in [-0.15, -0.1) is 16.8 Å². The molecule has 0 aliphatic heterocycles. The van der Waals surface area contributed by atoms with Gasteiger partial charge in [-0.05, 0) is 25.0 Å². The van der Waals surface area contributed by atoms with E-state index in [9.17, 15) is 4.79 Å². The van der Waals surface area contributed by atoms with Gasteiger partial charge in [0.15, 0.2) is 11.0 Å². The molecule has 1 heterocycles. The molecule has 1 N–H and O–H groups in total. The Labute approximate surface area is 191 Å². The maximum atomic E-state index is 12.4. The summed E-state index contributed by atoms with van der Waals surface area (Å²) in [5.74, 6) is 1.43. The smallest absolute Gasteiger partial charge is 0.230 e. The van der Waals surface area contributed by atoms with Crippen LogP contribution >= 0.6 is 35.0 Å². The van der Waals surface area contributed by atoms with E-state index in [1.165, 1.54) is 37.4 Å². The van der Waals surface area contributed by atoms with Gasteiger partial charge in [0.05, 0.1) is 10.8 Å². The van der Waals surface area contributed by atoms with Crippen LogP contribution in [-0.4, -0.2) is 32.5 Å². The molecule has 0 saturated heterocycles. The fraction of sp³-hybridized carbons (Fsp3) is 0.476. The monoisotopic (exact) mass is 468 g/mol. The Balaban J connectivity index is 1.58. The third-order valence-electron chi connectivity index (χ3n) is 4.91. The zero-order valence-electron chi connectivity index (χ0n) is 16.8. The van der Waals surface area contributed by atoms with Crippen molar-refractivity contribution in [2.45, 2.75) is 62.9 Å². The predicted molar refractivity (Wildman–Crippen MR) is 121 cm³/mol. The van der Waals surface area contributed by atoms with Gasteiger partial charge in [0.1, 0.15) is 12.4 Å². The van der Waals surface area contributed by atoms with E-state index in [0.29, 0.717) is 39.1 Å². The Morgan fingerprint density at radius 1 is 1.27 bits per heavy atom. The van der Waals surface area contributed by atoms with Crippen LogP contribution in [0.15, 0.2) is 36.0 Å². The molecular formula is C21H26Cl2N4O2S. The fourth-order valence-electron chi connectivity index (χ4n) is 3.40. The van der Waals surface area contributed by atoms with Gasteiger partial charge < -0.3 is 10.1 Å². The van der Waals surface area contributed by atoms with Crippen LogP contribution in [0.25, 0.3) is 0 Å². The molecule has 162 valence electrons. The number of carbonyl (C=O) groups is 1. The summed E-state index contributed by atoms with van der Waals surface area (Å²) >= 11 is 13.5. The van der Waals surface area contributed by atoms with Crippen LogP contribution in [0.2, 0.25) is 10.0 Å². The summed E-state index contributed by atoms with van der Waals surface area (Å²) in [4.78, 5) is 12.4. The Morgan fingerprint density at radius 3 is 2.77 bits per heavy atom.